The van der Waals surface area contributed by atoms with Gasteiger partial charge in [0.05, 0.1) is 11.1 Å². The maximum Gasteiger partial charge on any atom is 0.412 e. The van der Waals surface area contributed by atoms with Crippen LogP contribution in [0.4, 0.5) is 29.0 Å². The van der Waals surface area contributed by atoms with Crippen molar-refractivity contribution < 1.29 is 32.6 Å². The first-order chi connectivity index (χ1) is 18.8. The Hall–Kier alpha value is -4.19. The van der Waals surface area contributed by atoms with Gasteiger partial charge < -0.3 is 25.0 Å². The minimum atomic E-state index is -0.883. The van der Waals surface area contributed by atoms with Crippen molar-refractivity contribution in [3.05, 3.63) is 70.9 Å². The first kappa shape index (κ1) is 30.4. The highest BCUT2D eigenvalue weighted by atomic mass is 35.5. The predicted octanol–water partition coefficient (Wildman–Crippen LogP) is 5.45. The Balaban J connectivity index is 1.64. The Labute approximate surface area is 235 Å². The molecule has 1 aromatic heterocycles. The van der Waals surface area contributed by atoms with E-state index < -0.39 is 41.5 Å². The van der Waals surface area contributed by atoms with E-state index in [-0.39, 0.29) is 30.5 Å². The number of hydrogen-bond donors (Lipinski definition) is 3. The fourth-order valence-corrected chi connectivity index (χ4v) is 3.65. The van der Waals surface area contributed by atoms with E-state index in [4.69, 9.17) is 21.1 Å². The summed E-state index contributed by atoms with van der Waals surface area (Å²) in [7, 11) is 1.44. The average molecular weight is 578 g/mol. The number of benzene rings is 2. The van der Waals surface area contributed by atoms with Crippen LogP contribution in [0.1, 0.15) is 26.3 Å². The highest BCUT2D eigenvalue weighted by Crippen LogP contribution is 2.20. The number of fused-ring (bicyclic) bond motifs is 1. The van der Waals surface area contributed by atoms with Crippen molar-refractivity contribution in [3.63, 3.8) is 0 Å². The monoisotopic (exact) mass is 577 g/mol. The van der Waals surface area contributed by atoms with Gasteiger partial charge in [-0.15, -0.1) is 0 Å². The van der Waals surface area contributed by atoms with Gasteiger partial charge >= 0.3 is 18.2 Å². The number of hydrogen-bond acceptors (Lipinski definition) is 6. The van der Waals surface area contributed by atoms with Gasteiger partial charge in [-0.25, -0.2) is 28.1 Å². The van der Waals surface area contributed by atoms with Gasteiger partial charge in [-0.1, -0.05) is 23.7 Å². The van der Waals surface area contributed by atoms with Crippen molar-refractivity contribution >= 4 is 46.4 Å². The van der Waals surface area contributed by atoms with Crippen molar-refractivity contribution in [1.82, 2.24) is 20.5 Å². The van der Waals surface area contributed by atoms with E-state index in [1.54, 1.807) is 32.9 Å². The van der Waals surface area contributed by atoms with Crippen LogP contribution in [-0.2, 0) is 16.0 Å². The summed E-state index contributed by atoms with van der Waals surface area (Å²) in [4.78, 5) is 42.9. The second-order valence-corrected chi connectivity index (χ2v) is 10.2. The zero-order valence-electron chi connectivity index (χ0n) is 22.4. The Morgan fingerprint density at radius 3 is 2.52 bits per heavy atom. The van der Waals surface area contributed by atoms with E-state index >= 15 is 0 Å². The van der Waals surface area contributed by atoms with Crippen molar-refractivity contribution in [1.29, 1.82) is 0 Å². The molecule has 0 aliphatic heterocycles. The standard InChI is InChI=1S/C27H30ClF2N5O5/c1-27(2,3)40-25(37)33-14-20(35(4)24(36)32-13-17-6-5-7-21(30)23(17)28)15-39-26(38)34-22-11-18-10-19(29)9-8-16(18)12-31-22/h5-12,20H,13-15H2,1-4H3,(H,32,36)(H,33,37)(H,31,34,38)/t20-/m0/s1. The van der Waals surface area contributed by atoms with E-state index in [9.17, 15) is 23.2 Å². The number of likely N-dealkylation sites (N-methyl/N-ethyl adjacent to an activating group) is 1. The summed E-state index contributed by atoms with van der Waals surface area (Å²) in [6.45, 7) is 4.58. The van der Waals surface area contributed by atoms with Crippen LogP contribution in [0.15, 0.2) is 48.7 Å². The van der Waals surface area contributed by atoms with Crippen LogP contribution in [0.2, 0.25) is 5.02 Å². The van der Waals surface area contributed by atoms with Gasteiger partial charge in [0, 0.05) is 31.7 Å². The van der Waals surface area contributed by atoms with Crippen LogP contribution in [0.25, 0.3) is 10.8 Å². The molecule has 13 heteroatoms. The summed E-state index contributed by atoms with van der Waals surface area (Å²) in [5.74, 6) is -0.926. The largest absolute Gasteiger partial charge is 0.447 e. The fraction of sp³-hybridized carbons (Fsp3) is 0.333. The van der Waals surface area contributed by atoms with Crippen molar-refractivity contribution in [2.24, 2.45) is 0 Å². The van der Waals surface area contributed by atoms with Gasteiger partial charge in [0.1, 0.15) is 29.7 Å². The average Bonchev–Trinajstić information content (AvgIpc) is 2.87. The smallest absolute Gasteiger partial charge is 0.412 e. The van der Waals surface area contributed by atoms with Gasteiger partial charge in [-0.3, -0.25) is 5.32 Å². The maximum atomic E-state index is 13.7. The number of carbonyl (C=O) groups excluding carboxylic acids is 3. The molecule has 0 saturated carbocycles. The van der Waals surface area contributed by atoms with Crippen LogP contribution in [0.3, 0.4) is 0 Å². The predicted molar refractivity (Wildman–Crippen MR) is 146 cm³/mol. The van der Waals surface area contributed by atoms with E-state index in [0.29, 0.717) is 16.3 Å². The first-order valence-corrected chi connectivity index (χ1v) is 12.6. The second kappa shape index (κ2) is 13.2. The molecule has 3 rings (SSSR count). The summed E-state index contributed by atoms with van der Waals surface area (Å²) in [5, 5.41) is 8.72. The van der Waals surface area contributed by atoms with Crippen LogP contribution < -0.4 is 16.0 Å². The third-order valence-corrected chi connectivity index (χ3v) is 5.95. The Morgan fingerprint density at radius 1 is 1.05 bits per heavy atom. The van der Waals surface area contributed by atoms with Gasteiger partial charge in [-0.05, 0) is 62.1 Å². The minimum Gasteiger partial charge on any atom is -0.447 e. The quantitative estimate of drug-likeness (QED) is 0.327. The van der Waals surface area contributed by atoms with Crippen molar-refractivity contribution in [2.75, 3.05) is 25.5 Å². The summed E-state index contributed by atoms with van der Waals surface area (Å²) >= 11 is 5.96. The number of aromatic nitrogens is 1. The summed E-state index contributed by atoms with van der Waals surface area (Å²) in [5.41, 5.74) is -0.385. The molecule has 1 heterocycles. The summed E-state index contributed by atoms with van der Waals surface area (Å²) in [6, 6.07) is 8.45. The number of carbonyl (C=O) groups is 3. The van der Waals surface area contributed by atoms with Crippen LogP contribution in [0, 0.1) is 11.6 Å². The third kappa shape index (κ3) is 8.94. The fourth-order valence-electron chi connectivity index (χ4n) is 3.46. The summed E-state index contributed by atoms with van der Waals surface area (Å²) < 4.78 is 37.8. The molecule has 0 fully saturated rings. The second-order valence-electron chi connectivity index (χ2n) is 9.80. The van der Waals surface area contributed by atoms with Crippen LogP contribution in [0.5, 0.6) is 0 Å². The van der Waals surface area contributed by atoms with Crippen molar-refractivity contribution in [3.8, 4) is 0 Å². The molecule has 40 heavy (non-hydrogen) atoms. The number of nitrogens with one attached hydrogen (secondary N) is 3. The first-order valence-electron chi connectivity index (χ1n) is 12.2. The lowest BCUT2D eigenvalue weighted by Crippen LogP contribution is -2.51. The van der Waals surface area contributed by atoms with E-state index in [2.05, 4.69) is 20.9 Å². The molecular formula is C27H30ClF2N5O5. The van der Waals surface area contributed by atoms with Gasteiger partial charge in [0.15, 0.2) is 0 Å². The molecule has 214 valence electrons. The van der Waals surface area contributed by atoms with Gasteiger partial charge in [-0.2, -0.15) is 0 Å². The van der Waals surface area contributed by atoms with E-state index in [0.717, 1.165) is 0 Å². The molecule has 0 spiro atoms. The Kier molecular flexibility index (Phi) is 10.1. The third-order valence-electron chi connectivity index (χ3n) is 5.53. The molecule has 0 aliphatic rings. The Morgan fingerprint density at radius 2 is 1.80 bits per heavy atom. The number of amides is 4. The van der Waals surface area contributed by atoms with Crippen molar-refractivity contribution in [2.45, 2.75) is 39.0 Å². The summed E-state index contributed by atoms with van der Waals surface area (Å²) in [6.07, 6.45) is -0.137. The molecule has 4 amide bonds. The number of alkyl carbamates (subject to hydrolysis) is 1. The highest BCUT2D eigenvalue weighted by molar-refractivity contribution is 6.31. The van der Waals surface area contributed by atoms with E-state index in [1.165, 1.54) is 48.5 Å². The van der Waals surface area contributed by atoms with Gasteiger partial charge in [0.2, 0.25) is 0 Å². The number of anilines is 1. The molecule has 0 radical (unpaired) electrons. The number of pyridine rings is 1. The number of ether oxygens (including phenoxy) is 2. The lowest BCUT2D eigenvalue weighted by Gasteiger charge is -2.29. The molecule has 1 atom stereocenters. The van der Waals surface area contributed by atoms with Gasteiger partial charge in [0.25, 0.3) is 0 Å². The molecule has 0 saturated heterocycles. The molecular weight excluding hydrogens is 548 g/mol. The molecule has 0 aliphatic carbocycles. The lowest BCUT2D eigenvalue weighted by atomic mass is 10.2. The number of rotatable bonds is 8. The van der Waals surface area contributed by atoms with Crippen LogP contribution >= 0.6 is 11.6 Å². The van der Waals surface area contributed by atoms with E-state index in [1.807, 2.05) is 0 Å². The lowest BCUT2D eigenvalue weighted by molar-refractivity contribution is 0.0500. The SMILES string of the molecule is CN(C(=O)NCc1cccc(F)c1Cl)[C@@H](CNC(=O)OC(C)(C)C)COC(=O)Nc1cc2cc(F)ccc2cn1. The maximum absolute atomic E-state index is 13.7. The molecule has 10 nitrogen and oxygen atoms in total. The zero-order valence-corrected chi connectivity index (χ0v) is 23.1. The number of nitrogens with zero attached hydrogens (tertiary/aromatic N) is 2. The highest BCUT2D eigenvalue weighted by Gasteiger charge is 2.24. The molecule has 2 aromatic carbocycles. The normalized spacial score (nSPS) is 11.9. The zero-order chi connectivity index (χ0) is 29.4. The van der Waals surface area contributed by atoms with Crippen LogP contribution in [-0.4, -0.2) is 59.9 Å². The molecule has 0 unspecified atom stereocenters. The molecule has 3 aromatic rings. The Bertz CT molecular complexity index is 1390. The molecule has 0 bridgehead atoms. The topological polar surface area (TPSA) is 122 Å². The minimum absolute atomic E-state index is 0.0679. The molecule has 3 N–H and O–H groups in total. The number of halogens is 3. The number of urea groups is 1.